The maximum atomic E-state index is 12.3. The van der Waals surface area contributed by atoms with Gasteiger partial charge in [-0.2, -0.15) is 0 Å². The largest absolute Gasteiger partial charge is 0.381 e. The van der Waals surface area contributed by atoms with Gasteiger partial charge in [0, 0.05) is 36.1 Å². The Labute approximate surface area is 131 Å². The molecule has 1 aliphatic carbocycles. The molecule has 5 nitrogen and oxygen atoms in total. The Kier molecular flexibility index (Phi) is 6.19. The van der Waals surface area contributed by atoms with E-state index in [9.17, 15) is 8.42 Å². The third-order valence-corrected chi connectivity index (χ3v) is 6.14. The number of thiophene rings is 1. The summed E-state index contributed by atoms with van der Waals surface area (Å²) in [6.07, 6.45) is 3.26. The van der Waals surface area contributed by atoms with Gasteiger partial charge in [0.15, 0.2) is 0 Å². The fourth-order valence-electron chi connectivity index (χ4n) is 2.05. The zero-order chi connectivity index (χ0) is 15.3. The molecule has 0 aromatic carbocycles. The minimum atomic E-state index is -3.40. The molecule has 0 unspecified atom stereocenters. The first-order valence-corrected chi connectivity index (χ1v) is 9.64. The number of hydrogen-bond acceptors (Lipinski definition) is 5. The van der Waals surface area contributed by atoms with E-state index in [0.29, 0.717) is 31.0 Å². The minimum absolute atomic E-state index is 0.400. The highest BCUT2D eigenvalue weighted by Gasteiger charge is 2.21. The maximum Gasteiger partial charge on any atom is 0.241 e. The Bertz CT molecular complexity index is 551. The monoisotopic (exact) mass is 332 g/mol. The summed E-state index contributed by atoms with van der Waals surface area (Å²) in [5, 5.41) is 3.04. The molecule has 0 aliphatic heterocycles. The van der Waals surface area contributed by atoms with Crippen molar-refractivity contribution in [2.75, 3.05) is 26.8 Å². The van der Waals surface area contributed by atoms with Gasteiger partial charge in [0.1, 0.15) is 0 Å². The molecule has 0 spiro atoms. The van der Waals surface area contributed by atoms with Crippen LogP contribution in [0.15, 0.2) is 11.0 Å². The standard InChI is InChI=1S/C14H24N2O3S2/c1-11-14(8-13(20-11)9-15-2)21(17,18)16-6-3-7-19-10-12-4-5-12/h8,12,15-16H,3-7,9-10H2,1-2H3. The highest BCUT2D eigenvalue weighted by atomic mass is 32.2. The Hall–Kier alpha value is -0.470. The summed E-state index contributed by atoms with van der Waals surface area (Å²) in [4.78, 5) is 2.26. The summed E-state index contributed by atoms with van der Waals surface area (Å²) in [5.74, 6) is 0.751. The van der Waals surface area contributed by atoms with E-state index >= 15 is 0 Å². The van der Waals surface area contributed by atoms with Gasteiger partial charge in [0.25, 0.3) is 0 Å². The van der Waals surface area contributed by atoms with E-state index in [-0.39, 0.29) is 0 Å². The normalized spacial score (nSPS) is 15.5. The first-order valence-electron chi connectivity index (χ1n) is 7.34. The van der Waals surface area contributed by atoms with Crippen LogP contribution in [0.25, 0.3) is 0 Å². The van der Waals surface area contributed by atoms with Gasteiger partial charge in [-0.3, -0.25) is 0 Å². The van der Waals surface area contributed by atoms with Crippen LogP contribution in [0.2, 0.25) is 0 Å². The third kappa shape index (κ3) is 5.34. The molecule has 2 N–H and O–H groups in total. The van der Waals surface area contributed by atoms with Crippen LogP contribution in [0.1, 0.15) is 29.0 Å². The molecule has 1 aromatic rings. The van der Waals surface area contributed by atoms with E-state index in [1.54, 1.807) is 6.07 Å². The van der Waals surface area contributed by atoms with Crippen molar-refractivity contribution in [1.82, 2.24) is 10.0 Å². The highest BCUT2D eigenvalue weighted by Crippen LogP contribution is 2.28. The Balaban J connectivity index is 1.77. The van der Waals surface area contributed by atoms with Crippen molar-refractivity contribution in [3.05, 3.63) is 15.8 Å². The molecule has 120 valence electrons. The summed E-state index contributed by atoms with van der Waals surface area (Å²) < 4.78 is 32.7. The first kappa shape index (κ1) is 16.9. The quantitative estimate of drug-likeness (QED) is 0.642. The maximum absolute atomic E-state index is 12.3. The van der Waals surface area contributed by atoms with Crippen molar-refractivity contribution in [2.24, 2.45) is 5.92 Å². The molecule has 1 heterocycles. The van der Waals surface area contributed by atoms with E-state index in [2.05, 4.69) is 10.0 Å². The molecule has 1 fully saturated rings. The molecule has 1 aliphatic rings. The second kappa shape index (κ2) is 7.69. The smallest absolute Gasteiger partial charge is 0.241 e. The van der Waals surface area contributed by atoms with Gasteiger partial charge in [-0.15, -0.1) is 11.3 Å². The average Bonchev–Trinajstić information content (AvgIpc) is 3.17. The van der Waals surface area contributed by atoms with Crippen LogP contribution >= 0.6 is 11.3 Å². The Morgan fingerprint density at radius 2 is 2.19 bits per heavy atom. The van der Waals surface area contributed by atoms with Crippen molar-refractivity contribution in [3.8, 4) is 0 Å². The predicted octanol–water partition coefficient (Wildman–Crippen LogP) is 1.87. The average molecular weight is 332 g/mol. The van der Waals surface area contributed by atoms with E-state index in [0.717, 1.165) is 22.3 Å². The summed E-state index contributed by atoms with van der Waals surface area (Å²) in [7, 11) is -1.55. The molecule has 7 heteroatoms. The Morgan fingerprint density at radius 3 is 2.86 bits per heavy atom. The third-order valence-electron chi connectivity index (χ3n) is 3.37. The van der Waals surface area contributed by atoms with Gasteiger partial charge in [-0.1, -0.05) is 0 Å². The van der Waals surface area contributed by atoms with Gasteiger partial charge in [-0.25, -0.2) is 13.1 Å². The van der Waals surface area contributed by atoms with E-state index in [4.69, 9.17) is 4.74 Å². The van der Waals surface area contributed by atoms with Crippen LogP contribution in [0, 0.1) is 12.8 Å². The van der Waals surface area contributed by atoms with Crippen LogP contribution in [0.5, 0.6) is 0 Å². The van der Waals surface area contributed by atoms with Gasteiger partial charge in [0.2, 0.25) is 10.0 Å². The molecule has 0 bridgehead atoms. The van der Waals surface area contributed by atoms with Crippen LogP contribution < -0.4 is 10.0 Å². The van der Waals surface area contributed by atoms with E-state index in [1.807, 2.05) is 14.0 Å². The predicted molar refractivity (Wildman–Crippen MR) is 85.2 cm³/mol. The number of aryl methyl sites for hydroxylation is 1. The van der Waals surface area contributed by atoms with Crippen LogP contribution in [0.3, 0.4) is 0 Å². The summed E-state index contributed by atoms with van der Waals surface area (Å²) >= 11 is 1.52. The van der Waals surface area contributed by atoms with Gasteiger partial charge in [-0.05, 0) is 45.2 Å². The lowest BCUT2D eigenvalue weighted by atomic mass is 10.4. The van der Waals surface area contributed by atoms with Crippen molar-refractivity contribution >= 4 is 21.4 Å². The molecule has 2 rings (SSSR count). The lowest BCUT2D eigenvalue weighted by Gasteiger charge is -2.06. The summed E-state index contributed by atoms with van der Waals surface area (Å²) in [5.41, 5.74) is 0. The number of ether oxygens (including phenoxy) is 1. The SMILES string of the molecule is CNCc1cc(S(=O)(=O)NCCCOCC2CC2)c(C)s1. The topological polar surface area (TPSA) is 67.4 Å². The minimum Gasteiger partial charge on any atom is -0.381 e. The zero-order valence-corrected chi connectivity index (χ0v) is 14.3. The molecular formula is C14H24N2O3S2. The zero-order valence-electron chi connectivity index (χ0n) is 12.6. The van der Waals surface area contributed by atoms with Crippen molar-refractivity contribution in [3.63, 3.8) is 0 Å². The Morgan fingerprint density at radius 1 is 1.43 bits per heavy atom. The van der Waals surface area contributed by atoms with Crippen molar-refractivity contribution < 1.29 is 13.2 Å². The summed E-state index contributed by atoms with van der Waals surface area (Å²) in [6, 6.07) is 1.75. The van der Waals surface area contributed by atoms with E-state index in [1.165, 1.54) is 24.2 Å². The first-order chi connectivity index (χ1) is 10.0. The second-order valence-corrected chi connectivity index (χ2v) is 8.51. The van der Waals surface area contributed by atoms with Gasteiger partial charge >= 0.3 is 0 Å². The van der Waals surface area contributed by atoms with Gasteiger partial charge < -0.3 is 10.1 Å². The number of hydrogen-bond donors (Lipinski definition) is 2. The number of sulfonamides is 1. The lowest BCUT2D eigenvalue weighted by molar-refractivity contribution is 0.123. The molecular weight excluding hydrogens is 308 g/mol. The lowest BCUT2D eigenvalue weighted by Crippen LogP contribution is -2.25. The fourth-order valence-corrected chi connectivity index (χ4v) is 4.76. The fraction of sp³-hybridized carbons (Fsp3) is 0.714. The van der Waals surface area contributed by atoms with Crippen LogP contribution in [-0.2, 0) is 21.3 Å². The number of nitrogens with one attached hydrogen (secondary N) is 2. The molecule has 0 atom stereocenters. The van der Waals surface area contributed by atoms with Crippen molar-refractivity contribution in [2.45, 2.75) is 37.6 Å². The van der Waals surface area contributed by atoms with Gasteiger partial charge in [0.05, 0.1) is 4.90 Å². The van der Waals surface area contributed by atoms with E-state index < -0.39 is 10.0 Å². The highest BCUT2D eigenvalue weighted by molar-refractivity contribution is 7.89. The molecule has 0 amide bonds. The summed E-state index contributed by atoms with van der Waals surface area (Å²) in [6.45, 7) is 4.40. The molecule has 0 radical (unpaired) electrons. The molecule has 21 heavy (non-hydrogen) atoms. The second-order valence-electron chi connectivity index (χ2n) is 5.43. The molecule has 1 aromatic heterocycles. The molecule has 0 saturated heterocycles. The number of rotatable bonds is 10. The van der Waals surface area contributed by atoms with Crippen LogP contribution in [-0.4, -0.2) is 35.2 Å². The molecule has 1 saturated carbocycles. The van der Waals surface area contributed by atoms with Crippen molar-refractivity contribution in [1.29, 1.82) is 0 Å². The van der Waals surface area contributed by atoms with Crippen LogP contribution in [0.4, 0.5) is 0 Å².